The van der Waals surface area contributed by atoms with Crippen LogP contribution in [0.2, 0.25) is 0 Å². The molecular weight excluding hydrogens is 474 g/mol. The van der Waals surface area contributed by atoms with Crippen molar-refractivity contribution < 1.29 is 14.9 Å². The zero-order valence-corrected chi connectivity index (χ0v) is 22.8. The van der Waals surface area contributed by atoms with Crippen LogP contribution in [0.5, 0.6) is 17.2 Å². The van der Waals surface area contributed by atoms with Gasteiger partial charge in [-0.15, -0.1) is 0 Å². The topological polar surface area (TPSA) is 59.4 Å². The van der Waals surface area contributed by atoms with E-state index in [0.717, 1.165) is 76.5 Å². The minimum Gasteiger partial charge on any atom is -0.508 e. The van der Waals surface area contributed by atoms with Crippen LogP contribution in [-0.2, 0) is 19.4 Å². The molecule has 2 N–H and O–H groups in total. The Kier molecular flexibility index (Phi) is 8.40. The van der Waals surface area contributed by atoms with Crippen LogP contribution in [-0.4, -0.2) is 72.9 Å². The first-order valence-electron chi connectivity index (χ1n) is 14.0. The number of hydrogen-bond donors (Lipinski definition) is 2. The lowest BCUT2D eigenvalue weighted by Crippen LogP contribution is -2.45. The molecular formula is C32H41N3O3. The third kappa shape index (κ3) is 6.43. The van der Waals surface area contributed by atoms with Crippen molar-refractivity contribution in [2.75, 3.05) is 57.8 Å². The number of likely N-dealkylation sites (N-methyl/N-ethyl adjacent to an activating group) is 1. The molecule has 0 aromatic heterocycles. The third-order valence-corrected chi connectivity index (χ3v) is 8.16. The van der Waals surface area contributed by atoms with E-state index in [0.29, 0.717) is 24.0 Å². The summed E-state index contributed by atoms with van der Waals surface area (Å²) in [5.41, 5.74) is 6.17. The Morgan fingerprint density at radius 3 is 2.39 bits per heavy atom. The van der Waals surface area contributed by atoms with Crippen molar-refractivity contribution in [3.63, 3.8) is 0 Å². The number of phenols is 2. The van der Waals surface area contributed by atoms with E-state index in [4.69, 9.17) is 4.74 Å². The van der Waals surface area contributed by atoms with Gasteiger partial charge in [-0.2, -0.15) is 0 Å². The number of rotatable bonds is 9. The molecule has 6 heteroatoms. The van der Waals surface area contributed by atoms with Gasteiger partial charge < -0.3 is 24.7 Å². The molecule has 0 bridgehead atoms. The highest BCUT2D eigenvalue weighted by molar-refractivity contribution is 5.59. The van der Waals surface area contributed by atoms with Gasteiger partial charge in [0.1, 0.15) is 23.9 Å². The minimum absolute atomic E-state index is 0.299. The standard InChI is InChI=1S/C32H41N3O3/c1-3-35(23-24-4-11-30(12-5-24)38-19-18-34-16-14-33(2)15-17-34)32-22-29(37)10-13-31(32)27-7-6-26-21-28(36)9-8-25(26)20-27/h4-5,8-13,21-22,27,36-37H,3,6-7,14-20,23H2,1-2H3. The first kappa shape index (κ1) is 26.4. The highest BCUT2D eigenvalue weighted by Crippen LogP contribution is 2.40. The number of aryl methyl sites for hydroxylation is 1. The van der Waals surface area contributed by atoms with Gasteiger partial charge in [-0.25, -0.2) is 0 Å². The molecule has 1 unspecified atom stereocenters. The maximum atomic E-state index is 10.4. The predicted octanol–water partition coefficient (Wildman–Crippen LogP) is 5.02. The number of hydrogen-bond acceptors (Lipinski definition) is 6. The van der Waals surface area contributed by atoms with Crippen molar-refractivity contribution in [3.8, 4) is 17.2 Å². The summed E-state index contributed by atoms with van der Waals surface area (Å²) in [6.07, 6.45) is 2.94. The average Bonchev–Trinajstić information content (AvgIpc) is 2.93. The lowest BCUT2D eigenvalue weighted by atomic mass is 9.79. The molecule has 0 amide bonds. The van der Waals surface area contributed by atoms with Crippen LogP contribution in [0, 0.1) is 0 Å². The van der Waals surface area contributed by atoms with E-state index >= 15 is 0 Å². The Labute approximate surface area is 227 Å². The molecule has 5 rings (SSSR count). The van der Waals surface area contributed by atoms with Gasteiger partial charge >= 0.3 is 0 Å². The van der Waals surface area contributed by atoms with Crippen LogP contribution in [0.4, 0.5) is 5.69 Å². The summed E-state index contributed by atoms with van der Waals surface area (Å²) in [6, 6.07) is 20.0. The number of benzene rings is 3. The maximum Gasteiger partial charge on any atom is 0.119 e. The molecule has 2 aliphatic rings. The lowest BCUT2D eigenvalue weighted by molar-refractivity contribution is 0.134. The maximum absolute atomic E-state index is 10.4. The first-order valence-corrected chi connectivity index (χ1v) is 14.0. The number of phenolic OH excluding ortho intramolecular Hbond substituents is 2. The fraction of sp³-hybridized carbons (Fsp3) is 0.438. The molecule has 38 heavy (non-hydrogen) atoms. The van der Waals surface area contributed by atoms with Crippen molar-refractivity contribution in [2.24, 2.45) is 0 Å². The van der Waals surface area contributed by atoms with E-state index in [9.17, 15) is 10.2 Å². The van der Waals surface area contributed by atoms with Crippen LogP contribution in [0.15, 0.2) is 60.7 Å². The Bertz CT molecular complexity index is 1210. The number of aromatic hydroxyl groups is 2. The number of ether oxygens (including phenoxy) is 1. The smallest absolute Gasteiger partial charge is 0.119 e. The summed E-state index contributed by atoms with van der Waals surface area (Å²) in [7, 11) is 2.18. The van der Waals surface area contributed by atoms with Gasteiger partial charge in [-0.1, -0.05) is 24.3 Å². The van der Waals surface area contributed by atoms with Gasteiger partial charge in [0.05, 0.1) is 0 Å². The molecule has 1 aliphatic heterocycles. The molecule has 0 spiro atoms. The van der Waals surface area contributed by atoms with Gasteiger partial charge in [0.15, 0.2) is 0 Å². The molecule has 3 aromatic carbocycles. The fourth-order valence-corrected chi connectivity index (χ4v) is 5.80. The Morgan fingerprint density at radius 2 is 1.63 bits per heavy atom. The van der Waals surface area contributed by atoms with Crippen LogP contribution in [0.1, 0.15) is 41.5 Å². The third-order valence-electron chi connectivity index (χ3n) is 8.16. The quantitative estimate of drug-likeness (QED) is 0.417. The Balaban J connectivity index is 1.23. The Morgan fingerprint density at radius 1 is 0.895 bits per heavy atom. The monoisotopic (exact) mass is 515 g/mol. The van der Waals surface area contributed by atoms with Crippen LogP contribution < -0.4 is 9.64 Å². The van der Waals surface area contributed by atoms with Crippen molar-refractivity contribution in [1.82, 2.24) is 9.80 Å². The minimum atomic E-state index is 0.299. The number of fused-ring (bicyclic) bond motifs is 1. The molecule has 6 nitrogen and oxygen atoms in total. The molecule has 202 valence electrons. The summed E-state index contributed by atoms with van der Waals surface area (Å²) < 4.78 is 6.04. The summed E-state index contributed by atoms with van der Waals surface area (Å²) in [6.45, 7) is 9.93. The molecule has 1 atom stereocenters. The van der Waals surface area contributed by atoms with Gasteiger partial charge in [0.2, 0.25) is 0 Å². The molecule has 0 radical (unpaired) electrons. The molecule has 1 fully saturated rings. The van der Waals surface area contributed by atoms with E-state index in [1.54, 1.807) is 6.07 Å². The highest BCUT2D eigenvalue weighted by Gasteiger charge is 2.24. The average molecular weight is 516 g/mol. The van der Waals surface area contributed by atoms with Gasteiger partial charge in [0.25, 0.3) is 0 Å². The van der Waals surface area contributed by atoms with Gasteiger partial charge in [-0.05, 0) is 91.7 Å². The van der Waals surface area contributed by atoms with Crippen molar-refractivity contribution in [1.29, 1.82) is 0 Å². The number of anilines is 1. The second-order valence-electron chi connectivity index (χ2n) is 10.8. The number of piperazine rings is 1. The predicted molar refractivity (Wildman–Crippen MR) is 154 cm³/mol. The van der Waals surface area contributed by atoms with E-state index in [1.165, 1.54) is 22.3 Å². The van der Waals surface area contributed by atoms with E-state index in [1.807, 2.05) is 18.2 Å². The zero-order valence-electron chi connectivity index (χ0n) is 22.8. The van der Waals surface area contributed by atoms with E-state index < -0.39 is 0 Å². The molecule has 3 aromatic rings. The van der Waals surface area contributed by atoms with Gasteiger partial charge in [0, 0.05) is 57.6 Å². The molecule has 0 saturated carbocycles. The van der Waals surface area contributed by atoms with Crippen LogP contribution >= 0.6 is 0 Å². The molecule has 1 aliphatic carbocycles. The highest BCUT2D eigenvalue weighted by atomic mass is 16.5. The van der Waals surface area contributed by atoms with Crippen molar-refractivity contribution in [2.45, 2.75) is 38.6 Å². The summed E-state index contributed by atoms with van der Waals surface area (Å²) in [4.78, 5) is 7.19. The summed E-state index contributed by atoms with van der Waals surface area (Å²) >= 11 is 0. The zero-order chi connectivity index (χ0) is 26.5. The SMILES string of the molecule is CCN(Cc1ccc(OCCN2CCN(C)CC2)cc1)c1cc(O)ccc1C1CCc2cc(O)ccc2C1. The van der Waals surface area contributed by atoms with Crippen LogP contribution in [0.3, 0.4) is 0 Å². The van der Waals surface area contributed by atoms with Crippen LogP contribution in [0.25, 0.3) is 0 Å². The van der Waals surface area contributed by atoms with Crippen molar-refractivity contribution >= 4 is 5.69 Å². The summed E-state index contributed by atoms with van der Waals surface area (Å²) in [5.74, 6) is 1.94. The second-order valence-corrected chi connectivity index (χ2v) is 10.8. The lowest BCUT2D eigenvalue weighted by Gasteiger charge is -2.32. The van der Waals surface area contributed by atoms with E-state index in [-0.39, 0.29) is 0 Å². The van der Waals surface area contributed by atoms with Crippen molar-refractivity contribution in [3.05, 3.63) is 82.9 Å². The molecule has 1 saturated heterocycles. The van der Waals surface area contributed by atoms with Gasteiger partial charge in [-0.3, -0.25) is 4.90 Å². The Hall–Kier alpha value is -3.22. The largest absolute Gasteiger partial charge is 0.508 e. The van der Waals surface area contributed by atoms with E-state index in [2.05, 4.69) is 65.1 Å². The second kappa shape index (κ2) is 12.1. The summed E-state index contributed by atoms with van der Waals surface area (Å²) in [5, 5.41) is 20.3. The fourth-order valence-electron chi connectivity index (χ4n) is 5.80. The normalized spacial score (nSPS) is 18.2. The number of nitrogens with zero attached hydrogens (tertiary/aromatic N) is 3. The first-order chi connectivity index (χ1) is 18.5. The molecule has 1 heterocycles.